The molecule has 1 aromatic heterocycles. The van der Waals surface area contributed by atoms with E-state index in [1.54, 1.807) is 11.3 Å². The Morgan fingerprint density at radius 3 is 2.36 bits per heavy atom. The van der Waals surface area contributed by atoms with Gasteiger partial charge in [-0.1, -0.05) is 0 Å². The Labute approximate surface area is 72.9 Å². The smallest absolute Gasteiger partial charge is 0.143 e. The predicted octanol–water partition coefficient (Wildman–Crippen LogP) is 2.73. The maximum absolute atomic E-state index is 2.28. The van der Waals surface area contributed by atoms with Crippen molar-refractivity contribution < 1.29 is 0 Å². The van der Waals surface area contributed by atoms with Gasteiger partial charge in [0.25, 0.3) is 0 Å². The number of rotatable bonds is 3. The molecule has 0 saturated carbocycles. The summed E-state index contributed by atoms with van der Waals surface area (Å²) in [4.78, 5) is 0. The first-order chi connectivity index (χ1) is 5.23. The molecule has 0 spiro atoms. The molecule has 0 aliphatic heterocycles. The number of nitrogens with zero attached hydrogens (tertiary/aromatic N) is 1. The van der Waals surface area contributed by atoms with E-state index in [2.05, 4.69) is 37.7 Å². The zero-order valence-electron chi connectivity index (χ0n) is 7.50. The van der Waals surface area contributed by atoms with Gasteiger partial charge in [0.05, 0.1) is 25.5 Å². The summed E-state index contributed by atoms with van der Waals surface area (Å²) in [7, 11) is 2.28. The van der Waals surface area contributed by atoms with Gasteiger partial charge in [-0.25, -0.2) is 0 Å². The fourth-order valence-corrected chi connectivity index (χ4v) is 1.92. The Bertz CT molecular complexity index is 199. The third-order valence-electron chi connectivity index (χ3n) is 2.53. The Kier molecular flexibility index (Phi) is 2.68. The van der Waals surface area contributed by atoms with Crippen molar-refractivity contribution in [3.8, 4) is 0 Å². The highest BCUT2D eigenvalue weighted by molar-refractivity contribution is 7.08. The average Bonchev–Trinajstić information content (AvgIpc) is 2.55. The van der Waals surface area contributed by atoms with Crippen molar-refractivity contribution in [3.63, 3.8) is 0 Å². The van der Waals surface area contributed by atoms with Gasteiger partial charge in [0.1, 0.15) is 5.69 Å². The zero-order valence-corrected chi connectivity index (χ0v) is 8.32. The highest BCUT2D eigenvalue weighted by Gasteiger charge is 2.19. The van der Waals surface area contributed by atoms with E-state index in [9.17, 15) is 0 Å². The van der Waals surface area contributed by atoms with Crippen molar-refractivity contribution >= 4 is 17.0 Å². The highest BCUT2D eigenvalue weighted by atomic mass is 32.1. The Morgan fingerprint density at radius 2 is 2.00 bits per heavy atom. The van der Waals surface area contributed by atoms with E-state index in [1.807, 2.05) is 0 Å². The van der Waals surface area contributed by atoms with E-state index >= 15 is 0 Å². The van der Waals surface area contributed by atoms with E-state index in [1.165, 1.54) is 18.8 Å². The Balaban J connectivity index is 2.87. The van der Waals surface area contributed by atoms with Crippen LogP contribution in [0.15, 0.2) is 16.8 Å². The normalized spacial score (nSPS) is 11.9. The van der Waals surface area contributed by atoms with Gasteiger partial charge in [-0.05, 0) is 19.2 Å². The summed E-state index contributed by atoms with van der Waals surface area (Å²) in [6.45, 7) is 6.82. The van der Waals surface area contributed by atoms with Crippen molar-refractivity contribution in [1.82, 2.24) is 4.48 Å². The third kappa shape index (κ3) is 1.63. The predicted molar refractivity (Wildman–Crippen MR) is 53.1 cm³/mol. The van der Waals surface area contributed by atoms with Crippen molar-refractivity contribution in [1.29, 1.82) is 0 Å². The molecular formula is C9H16NS+. The Hall–Kier alpha value is -0.340. The Morgan fingerprint density at radius 1 is 1.36 bits per heavy atom. The number of thiophene rings is 1. The monoisotopic (exact) mass is 170 g/mol. The lowest BCUT2D eigenvalue weighted by molar-refractivity contribution is 0.366. The molecule has 1 heterocycles. The number of hydrogen-bond donors (Lipinski definition) is 0. The molecule has 11 heavy (non-hydrogen) atoms. The third-order valence-corrected chi connectivity index (χ3v) is 3.20. The molecular weight excluding hydrogens is 154 g/mol. The van der Waals surface area contributed by atoms with Crippen LogP contribution in [0.5, 0.6) is 0 Å². The SMILES string of the molecule is CC[N+](C)(CC)c1ccsc1. The van der Waals surface area contributed by atoms with Crippen LogP contribution in [0.4, 0.5) is 5.69 Å². The first-order valence-corrected chi connectivity index (χ1v) is 5.04. The lowest BCUT2D eigenvalue weighted by Crippen LogP contribution is -2.44. The van der Waals surface area contributed by atoms with E-state index in [0.29, 0.717) is 0 Å². The second kappa shape index (κ2) is 3.37. The van der Waals surface area contributed by atoms with Crippen LogP contribution in [0, 0.1) is 0 Å². The summed E-state index contributed by atoms with van der Waals surface area (Å²) in [6.07, 6.45) is 0. The molecule has 0 unspecified atom stereocenters. The summed E-state index contributed by atoms with van der Waals surface area (Å²) in [5.41, 5.74) is 1.44. The summed E-state index contributed by atoms with van der Waals surface area (Å²) in [5, 5.41) is 4.39. The van der Waals surface area contributed by atoms with Crippen LogP contribution in [-0.2, 0) is 0 Å². The molecule has 1 aromatic rings. The van der Waals surface area contributed by atoms with Gasteiger partial charge in [-0.15, -0.1) is 11.3 Å². The van der Waals surface area contributed by atoms with E-state index in [4.69, 9.17) is 0 Å². The molecule has 0 fully saturated rings. The van der Waals surface area contributed by atoms with Crippen LogP contribution >= 0.6 is 11.3 Å². The van der Waals surface area contributed by atoms with Crippen molar-refractivity contribution in [2.45, 2.75) is 13.8 Å². The van der Waals surface area contributed by atoms with Crippen LogP contribution in [-0.4, -0.2) is 20.1 Å². The van der Waals surface area contributed by atoms with E-state index < -0.39 is 0 Å². The van der Waals surface area contributed by atoms with Gasteiger partial charge in [0, 0.05) is 6.07 Å². The first-order valence-electron chi connectivity index (χ1n) is 4.10. The molecule has 0 atom stereocenters. The lowest BCUT2D eigenvalue weighted by Gasteiger charge is -2.30. The minimum absolute atomic E-state index is 1.06. The second-order valence-corrected chi connectivity index (χ2v) is 3.79. The molecule has 0 radical (unpaired) electrons. The molecule has 0 amide bonds. The molecule has 0 aliphatic carbocycles. The minimum Gasteiger partial charge on any atom is -0.293 e. The van der Waals surface area contributed by atoms with Gasteiger partial charge in [-0.3, -0.25) is 4.48 Å². The molecule has 0 saturated heterocycles. The van der Waals surface area contributed by atoms with Crippen LogP contribution in [0.2, 0.25) is 0 Å². The standard InChI is InChI=1S/C9H16NS/c1-4-10(3,5-2)9-6-7-11-8-9/h6-8H,4-5H2,1-3H3/q+1. The number of hydrogen-bond acceptors (Lipinski definition) is 1. The summed E-state index contributed by atoms with van der Waals surface area (Å²) >= 11 is 1.78. The highest BCUT2D eigenvalue weighted by Crippen LogP contribution is 2.22. The molecule has 0 N–H and O–H groups in total. The van der Waals surface area contributed by atoms with Crippen LogP contribution in [0.3, 0.4) is 0 Å². The van der Waals surface area contributed by atoms with Crippen LogP contribution < -0.4 is 4.48 Å². The second-order valence-electron chi connectivity index (χ2n) is 3.01. The zero-order chi connectivity index (χ0) is 8.32. The molecule has 0 bridgehead atoms. The fraction of sp³-hybridized carbons (Fsp3) is 0.556. The first kappa shape index (κ1) is 8.75. The van der Waals surface area contributed by atoms with Crippen molar-refractivity contribution in [2.75, 3.05) is 20.1 Å². The van der Waals surface area contributed by atoms with Crippen LogP contribution in [0.25, 0.3) is 0 Å². The quantitative estimate of drug-likeness (QED) is 0.612. The van der Waals surface area contributed by atoms with Crippen molar-refractivity contribution in [3.05, 3.63) is 16.8 Å². The van der Waals surface area contributed by atoms with Gasteiger partial charge in [0.15, 0.2) is 0 Å². The topological polar surface area (TPSA) is 0 Å². The maximum atomic E-state index is 2.28. The van der Waals surface area contributed by atoms with Gasteiger partial charge >= 0.3 is 0 Å². The van der Waals surface area contributed by atoms with E-state index in [0.717, 1.165) is 4.48 Å². The lowest BCUT2D eigenvalue weighted by atomic mass is 10.3. The molecule has 62 valence electrons. The van der Waals surface area contributed by atoms with Gasteiger partial charge < -0.3 is 0 Å². The summed E-state index contributed by atoms with van der Waals surface area (Å²) in [5.74, 6) is 0. The molecule has 0 aromatic carbocycles. The molecule has 1 rings (SSSR count). The van der Waals surface area contributed by atoms with Crippen molar-refractivity contribution in [2.24, 2.45) is 0 Å². The van der Waals surface area contributed by atoms with Gasteiger partial charge in [0.2, 0.25) is 0 Å². The molecule has 2 heteroatoms. The summed E-state index contributed by atoms with van der Waals surface area (Å²) < 4.78 is 1.06. The fourth-order valence-electron chi connectivity index (χ4n) is 1.15. The number of quaternary nitrogens is 1. The summed E-state index contributed by atoms with van der Waals surface area (Å²) in [6, 6.07) is 2.22. The minimum atomic E-state index is 1.06. The van der Waals surface area contributed by atoms with Gasteiger partial charge in [-0.2, -0.15) is 0 Å². The molecule has 0 aliphatic rings. The molecule has 1 nitrogen and oxygen atoms in total. The maximum Gasteiger partial charge on any atom is 0.143 e. The largest absolute Gasteiger partial charge is 0.293 e. The van der Waals surface area contributed by atoms with E-state index in [-0.39, 0.29) is 0 Å². The van der Waals surface area contributed by atoms with Crippen LogP contribution in [0.1, 0.15) is 13.8 Å². The average molecular weight is 170 g/mol.